The van der Waals surface area contributed by atoms with Crippen molar-refractivity contribution in [2.45, 2.75) is 19.4 Å². The molecular weight excluding hydrogens is 224 g/mol. The summed E-state index contributed by atoms with van der Waals surface area (Å²) in [6, 6.07) is 5.74. The van der Waals surface area contributed by atoms with Crippen molar-refractivity contribution in [3.8, 4) is 0 Å². The number of aliphatic hydroxyl groups is 1. The Balaban J connectivity index is 2.74. The second-order valence-corrected chi connectivity index (χ2v) is 3.71. The van der Waals surface area contributed by atoms with Crippen molar-refractivity contribution >= 4 is 11.6 Å². The number of carbonyl (C=O) groups is 1. The number of hydrogen-bond donors (Lipinski definition) is 2. The molecule has 2 N–H and O–H groups in total. The molecule has 6 nitrogen and oxygen atoms in total. The molecule has 0 saturated heterocycles. The van der Waals surface area contributed by atoms with Gasteiger partial charge in [-0.3, -0.25) is 14.9 Å². The molecule has 1 aromatic rings. The predicted molar refractivity (Wildman–Crippen MR) is 61.5 cm³/mol. The maximum absolute atomic E-state index is 11.5. The summed E-state index contributed by atoms with van der Waals surface area (Å²) < 4.78 is 0. The molecule has 17 heavy (non-hydrogen) atoms. The third-order valence-electron chi connectivity index (χ3n) is 2.22. The van der Waals surface area contributed by atoms with Gasteiger partial charge in [-0.25, -0.2) is 0 Å². The molecule has 1 rings (SSSR count). The highest BCUT2D eigenvalue weighted by atomic mass is 16.6. The van der Waals surface area contributed by atoms with Crippen LogP contribution in [0.1, 0.15) is 12.5 Å². The number of benzene rings is 1. The zero-order valence-corrected chi connectivity index (χ0v) is 9.42. The SMILES string of the molecule is CC(CO)NC(=O)Cc1ccccc1[N+](=O)[O-]. The Bertz CT molecular complexity index is 420. The van der Waals surface area contributed by atoms with Gasteiger partial charge in [0.15, 0.2) is 0 Å². The van der Waals surface area contributed by atoms with Crippen molar-refractivity contribution < 1.29 is 14.8 Å². The van der Waals surface area contributed by atoms with Gasteiger partial charge < -0.3 is 10.4 Å². The van der Waals surface area contributed by atoms with E-state index in [4.69, 9.17) is 5.11 Å². The van der Waals surface area contributed by atoms with E-state index in [0.29, 0.717) is 5.56 Å². The Morgan fingerprint density at radius 2 is 2.18 bits per heavy atom. The molecule has 0 radical (unpaired) electrons. The summed E-state index contributed by atoms with van der Waals surface area (Å²) >= 11 is 0. The molecule has 0 aromatic heterocycles. The summed E-state index contributed by atoms with van der Waals surface area (Å²) in [5.41, 5.74) is 0.291. The van der Waals surface area contributed by atoms with Crippen LogP contribution in [0.5, 0.6) is 0 Å². The number of amides is 1. The van der Waals surface area contributed by atoms with Gasteiger partial charge in [-0.1, -0.05) is 18.2 Å². The lowest BCUT2D eigenvalue weighted by Crippen LogP contribution is -2.36. The van der Waals surface area contributed by atoms with E-state index in [9.17, 15) is 14.9 Å². The fourth-order valence-corrected chi connectivity index (χ4v) is 1.38. The number of carbonyl (C=O) groups excluding carboxylic acids is 1. The van der Waals surface area contributed by atoms with Gasteiger partial charge in [-0.2, -0.15) is 0 Å². The molecule has 0 heterocycles. The molecule has 0 fully saturated rings. The molecule has 0 aliphatic rings. The summed E-state index contributed by atoms with van der Waals surface area (Å²) in [6.07, 6.45) is -0.0680. The largest absolute Gasteiger partial charge is 0.394 e. The minimum absolute atomic E-state index is 0.0680. The van der Waals surface area contributed by atoms with Crippen LogP contribution in [0.3, 0.4) is 0 Å². The smallest absolute Gasteiger partial charge is 0.273 e. The van der Waals surface area contributed by atoms with Gasteiger partial charge in [0.1, 0.15) is 0 Å². The monoisotopic (exact) mass is 238 g/mol. The van der Waals surface area contributed by atoms with Crippen LogP contribution in [-0.2, 0) is 11.2 Å². The molecule has 0 spiro atoms. The first-order valence-electron chi connectivity index (χ1n) is 5.17. The van der Waals surface area contributed by atoms with Gasteiger partial charge in [-0.15, -0.1) is 0 Å². The van der Waals surface area contributed by atoms with E-state index in [1.807, 2.05) is 0 Å². The van der Waals surface area contributed by atoms with Crippen LogP contribution in [0, 0.1) is 10.1 Å². The van der Waals surface area contributed by atoms with E-state index in [1.54, 1.807) is 25.1 Å². The van der Waals surface area contributed by atoms with E-state index in [-0.39, 0.29) is 30.7 Å². The maximum atomic E-state index is 11.5. The van der Waals surface area contributed by atoms with Crippen LogP contribution in [0.4, 0.5) is 5.69 Å². The summed E-state index contributed by atoms with van der Waals surface area (Å²) in [4.78, 5) is 21.7. The molecule has 1 unspecified atom stereocenters. The maximum Gasteiger partial charge on any atom is 0.273 e. The van der Waals surface area contributed by atoms with Gasteiger partial charge >= 0.3 is 0 Å². The van der Waals surface area contributed by atoms with Crippen LogP contribution in [0.15, 0.2) is 24.3 Å². The first-order chi connectivity index (χ1) is 8.04. The van der Waals surface area contributed by atoms with Crippen molar-refractivity contribution in [3.05, 3.63) is 39.9 Å². The lowest BCUT2D eigenvalue weighted by atomic mass is 10.1. The van der Waals surface area contributed by atoms with Crippen molar-refractivity contribution in [1.29, 1.82) is 0 Å². The Kier molecular flexibility index (Phi) is 4.59. The molecule has 6 heteroatoms. The zero-order valence-electron chi connectivity index (χ0n) is 9.42. The van der Waals surface area contributed by atoms with E-state index in [2.05, 4.69) is 5.32 Å². The summed E-state index contributed by atoms with van der Waals surface area (Å²) in [6.45, 7) is 1.49. The average molecular weight is 238 g/mol. The van der Waals surface area contributed by atoms with Crippen molar-refractivity contribution in [2.24, 2.45) is 0 Å². The number of nitro groups is 1. The standard InChI is InChI=1S/C11H14N2O4/c1-8(7-14)12-11(15)6-9-4-2-3-5-10(9)13(16)17/h2-5,8,14H,6-7H2,1H3,(H,12,15). The fraction of sp³-hybridized carbons (Fsp3) is 0.364. The van der Waals surface area contributed by atoms with Crippen LogP contribution >= 0.6 is 0 Å². The summed E-state index contributed by atoms with van der Waals surface area (Å²) in [5, 5.41) is 22.0. The molecule has 0 aliphatic carbocycles. The molecule has 0 bridgehead atoms. The topological polar surface area (TPSA) is 92.5 Å². The van der Waals surface area contributed by atoms with Gasteiger partial charge in [0.05, 0.1) is 18.0 Å². The minimum atomic E-state index is -0.516. The van der Waals surface area contributed by atoms with Crippen LogP contribution < -0.4 is 5.32 Å². The second-order valence-electron chi connectivity index (χ2n) is 3.71. The highest BCUT2D eigenvalue weighted by Crippen LogP contribution is 2.17. The van der Waals surface area contributed by atoms with Gasteiger partial charge in [0, 0.05) is 17.7 Å². The van der Waals surface area contributed by atoms with Crippen molar-refractivity contribution in [2.75, 3.05) is 6.61 Å². The lowest BCUT2D eigenvalue weighted by molar-refractivity contribution is -0.385. The Hall–Kier alpha value is -1.95. The molecule has 92 valence electrons. The number of aliphatic hydroxyl groups excluding tert-OH is 1. The zero-order chi connectivity index (χ0) is 12.8. The first-order valence-corrected chi connectivity index (χ1v) is 5.17. The van der Waals surface area contributed by atoms with Crippen LogP contribution in [0.2, 0.25) is 0 Å². The Labute approximate surface area is 98.4 Å². The number of nitro benzene ring substituents is 1. The fourth-order valence-electron chi connectivity index (χ4n) is 1.38. The summed E-state index contributed by atoms with van der Waals surface area (Å²) in [5.74, 6) is -0.346. The number of para-hydroxylation sites is 1. The Morgan fingerprint density at radius 3 is 2.76 bits per heavy atom. The molecule has 0 aliphatic heterocycles. The normalized spacial score (nSPS) is 11.9. The van der Waals surface area contributed by atoms with Gasteiger partial charge in [0.25, 0.3) is 5.69 Å². The van der Waals surface area contributed by atoms with Crippen LogP contribution in [0.25, 0.3) is 0 Å². The Morgan fingerprint density at radius 1 is 1.53 bits per heavy atom. The number of nitrogens with one attached hydrogen (secondary N) is 1. The van der Waals surface area contributed by atoms with Gasteiger partial charge in [0.2, 0.25) is 5.91 Å². The van der Waals surface area contributed by atoms with E-state index < -0.39 is 4.92 Å². The van der Waals surface area contributed by atoms with Crippen molar-refractivity contribution in [1.82, 2.24) is 5.32 Å². The molecule has 0 saturated carbocycles. The second kappa shape index (κ2) is 5.95. The average Bonchev–Trinajstić information content (AvgIpc) is 2.29. The van der Waals surface area contributed by atoms with Crippen molar-refractivity contribution in [3.63, 3.8) is 0 Å². The number of rotatable bonds is 5. The van der Waals surface area contributed by atoms with E-state index in [0.717, 1.165) is 0 Å². The highest BCUT2D eigenvalue weighted by molar-refractivity contribution is 5.80. The van der Waals surface area contributed by atoms with E-state index in [1.165, 1.54) is 6.07 Å². The molecule has 1 amide bonds. The van der Waals surface area contributed by atoms with E-state index >= 15 is 0 Å². The lowest BCUT2D eigenvalue weighted by Gasteiger charge is -2.10. The predicted octanol–water partition coefficient (Wildman–Crippen LogP) is 0.634. The van der Waals surface area contributed by atoms with Gasteiger partial charge in [-0.05, 0) is 6.92 Å². The molecular formula is C11H14N2O4. The number of nitrogens with zero attached hydrogens (tertiary/aromatic N) is 1. The van der Waals surface area contributed by atoms with Crippen LogP contribution in [-0.4, -0.2) is 28.6 Å². The minimum Gasteiger partial charge on any atom is -0.394 e. The first kappa shape index (κ1) is 13.1. The quantitative estimate of drug-likeness (QED) is 0.581. The summed E-state index contributed by atoms with van der Waals surface area (Å²) in [7, 11) is 0. The third kappa shape index (κ3) is 3.84. The third-order valence-corrected chi connectivity index (χ3v) is 2.22. The number of hydrogen-bond acceptors (Lipinski definition) is 4. The molecule has 1 atom stereocenters. The molecule has 1 aromatic carbocycles. The highest BCUT2D eigenvalue weighted by Gasteiger charge is 2.16.